The summed E-state index contributed by atoms with van der Waals surface area (Å²) in [5, 5.41) is 10.4. The maximum Gasteiger partial charge on any atom is 0.337 e. The first-order valence-electron chi connectivity index (χ1n) is 7.75. The highest BCUT2D eigenvalue weighted by Crippen LogP contribution is 2.55. The Morgan fingerprint density at radius 2 is 1.65 bits per heavy atom. The summed E-state index contributed by atoms with van der Waals surface area (Å²) in [4.78, 5) is 11.9. The lowest BCUT2D eigenvalue weighted by atomic mass is 10.1. The summed E-state index contributed by atoms with van der Waals surface area (Å²) in [5.74, 6) is -0.826. The van der Waals surface area contributed by atoms with Crippen molar-refractivity contribution in [3.05, 3.63) is 35.9 Å². The molecule has 0 aromatic heterocycles. The number of hydrogen-bond acceptors (Lipinski definition) is 6. The largest absolute Gasteiger partial charge is 0.464 e. The molecule has 0 fully saturated rings. The summed E-state index contributed by atoms with van der Waals surface area (Å²) < 4.78 is 28.5. The van der Waals surface area contributed by atoms with E-state index in [-0.39, 0.29) is 26.2 Å². The molecule has 1 N–H and O–H groups in total. The predicted octanol–water partition coefficient (Wildman–Crippen LogP) is 2.79. The van der Waals surface area contributed by atoms with Gasteiger partial charge in [0.05, 0.1) is 19.8 Å². The maximum absolute atomic E-state index is 13.1. The molecule has 0 unspecified atom stereocenters. The van der Waals surface area contributed by atoms with Crippen molar-refractivity contribution in [2.75, 3.05) is 19.8 Å². The van der Waals surface area contributed by atoms with Gasteiger partial charge in [-0.3, -0.25) is 4.57 Å². The van der Waals surface area contributed by atoms with Crippen molar-refractivity contribution in [3.63, 3.8) is 0 Å². The van der Waals surface area contributed by atoms with Crippen molar-refractivity contribution in [2.24, 2.45) is 0 Å². The molecule has 130 valence electrons. The van der Waals surface area contributed by atoms with E-state index in [0.29, 0.717) is 0 Å². The molecule has 0 amide bonds. The zero-order valence-corrected chi connectivity index (χ0v) is 14.7. The van der Waals surface area contributed by atoms with Crippen molar-refractivity contribution in [3.8, 4) is 0 Å². The Bertz CT molecular complexity index is 509. The predicted molar refractivity (Wildman–Crippen MR) is 87.4 cm³/mol. The number of hydrogen-bond donors (Lipinski definition) is 1. The molecular weight excluding hydrogens is 319 g/mol. The third-order valence-electron chi connectivity index (χ3n) is 3.20. The highest BCUT2D eigenvalue weighted by molar-refractivity contribution is 7.54. The summed E-state index contributed by atoms with van der Waals surface area (Å²) >= 11 is 0. The fraction of sp³-hybridized carbons (Fsp3) is 0.562. The molecule has 1 rings (SSSR count). The molecule has 0 bridgehead atoms. The number of esters is 1. The number of aliphatic hydroxyl groups excluding tert-OH is 1. The van der Waals surface area contributed by atoms with Crippen LogP contribution in [0.15, 0.2) is 30.3 Å². The standard InChI is InChI=1S/C16H25O6P/c1-4-20-16(18)15(17)14(12-13-10-8-7-9-11-13)23(19,21-5-2)22-6-3/h7-11,14-15,17H,4-6,12H2,1-3H3/t14-,15-/m1/s1. The van der Waals surface area contributed by atoms with Crippen molar-refractivity contribution >= 4 is 13.6 Å². The Balaban J connectivity index is 3.12. The molecule has 0 spiro atoms. The number of aliphatic hydroxyl groups is 1. The molecule has 7 heteroatoms. The van der Waals surface area contributed by atoms with Crippen LogP contribution in [0.2, 0.25) is 0 Å². The molecule has 23 heavy (non-hydrogen) atoms. The molecule has 0 radical (unpaired) electrons. The number of benzene rings is 1. The van der Waals surface area contributed by atoms with Crippen LogP contribution < -0.4 is 0 Å². The second-order valence-electron chi connectivity index (χ2n) is 4.83. The van der Waals surface area contributed by atoms with Gasteiger partial charge in [0.2, 0.25) is 0 Å². The summed E-state index contributed by atoms with van der Waals surface area (Å²) in [6.45, 7) is 5.43. The van der Waals surface area contributed by atoms with Gasteiger partial charge in [0, 0.05) is 0 Å². The van der Waals surface area contributed by atoms with E-state index in [9.17, 15) is 14.5 Å². The fourth-order valence-electron chi connectivity index (χ4n) is 2.23. The van der Waals surface area contributed by atoms with Gasteiger partial charge in [-0.25, -0.2) is 4.79 Å². The van der Waals surface area contributed by atoms with E-state index in [2.05, 4.69) is 0 Å². The monoisotopic (exact) mass is 344 g/mol. The van der Waals surface area contributed by atoms with Crippen LogP contribution in [-0.2, 0) is 29.6 Å². The number of carbonyl (C=O) groups excluding carboxylic acids is 1. The van der Waals surface area contributed by atoms with Crippen LogP contribution >= 0.6 is 7.60 Å². The van der Waals surface area contributed by atoms with Gasteiger partial charge in [0.15, 0.2) is 6.10 Å². The lowest BCUT2D eigenvalue weighted by Crippen LogP contribution is -2.38. The maximum atomic E-state index is 13.1. The van der Waals surface area contributed by atoms with Gasteiger partial charge in [-0.05, 0) is 32.8 Å². The van der Waals surface area contributed by atoms with Crippen molar-refractivity contribution in [1.29, 1.82) is 0 Å². The molecule has 0 heterocycles. The van der Waals surface area contributed by atoms with Crippen LogP contribution in [0.25, 0.3) is 0 Å². The van der Waals surface area contributed by atoms with Crippen LogP contribution in [0.4, 0.5) is 0 Å². The van der Waals surface area contributed by atoms with Crippen LogP contribution in [0.5, 0.6) is 0 Å². The van der Waals surface area contributed by atoms with Gasteiger partial charge in [-0.1, -0.05) is 30.3 Å². The van der Waals surface area contributed by atoms with E-state index in [1.165, 1.54) is 0 Å². The first kappa shape index (κ1) is 19.8. The summed E-state index contributed by atoms with van der Waals surface area (Å²) in [5.41, 5.74) is -0.204. The number of ether oxygens (including phenoxy) is 1. The molecule has 0 aliphatic carbocycles. The molecule has 0 saturated heterocycles. The summed E-state index contributed by atoms with van der Waals surface area (Å²) in [7, 11) is -3.68. The van der Waals surface area contributed by atoms with E-state index in [1.54, 1.807) is 20.8 Å². The van der Waals surface area contributed by atoms with Gasteiger partial charge in [-0.2, -0.15) is 0 Å². The highest BCUT2D eigenvalue weighted by atomic mass is 31.2. The SMILES string of the molecule is CCOC(=O)[C@H](O)[C@@H](Cc1ccccc1)P(=O)(OCC)OCC. The van der Waals surface area contributed by atoms with Gasteiger partial charge < -0.3 is 18.9 Å². The van der Waals surface area contributed by atoms with Gasteiger partial charge in [0.1, 0.15) is 5.66 Å². The summed E-state index contributed by atoms with van der Waals surface area (Å²) in [6, 6.07) is 9.16. The molecule has 1 aromatic carbocycles. The lowest BCUT2D eigenvalue weighted by molar-refractivity contribution is -0.153. The second kappa shape index (κ2) is 9.83. The van der Waals surface area contributed by atoms with Crippen LogP contribution in [-0.4, -0.2) is 42.7 Å². The molecule has 6 nitrogen and oxygen atoms in total. The molecule has 1 aromatic rings. The smallest absolute Gasteiger partial charge is 0.337 e. The van der Waals surface area contributed by atoms with E-state index in [4.69, 9.17) is 13.8 Å². The highest BCUT2D eigenvalue weighted by Gasteiger charge is 2.44. The average Bonchev–Trinajstić information content (AvgIpc) is 2.53. The average molecular weight is 344 g/mol. The van der Waals surface area contributed by atoms with Gasteiger partial charge >= 0.3 is 13.6 Å². The number of carbonyl (C=O) groups is 1. The lowest BCUT2D eigenvalue weighted by Gasteiger charge is -2.29. The first-order valence-corrected chi connectivity index (χ1v) is 9.37. The van der Waals surface area contributed by atoms with Crippen LogP contribution in [0, 0.1) is 0 Å². The third kappa shape index (κ3) is 5.74. The van der Waals surface area contributed by atoms with E-state index < -0.39 is 25.3 Å². The topological polar surface area (TPSA) is 82.1 Å². The minimum Gasteiger partial charge on any atom is -0.464 e. The Morgan fingerprint density at radius 1 is 1.09 bits per heavy atom. The Kier molecular flexibility index (Phi) is 8.48. The van der Waals surface area contributed by atoms with E-state index in [0.717, 1.165) is 5.56 Å². The number of rotatable bonds is 10. The van der Waals surface area contributed by atoms with E-state index in [1.807, 2.05) is 30.3 Å². The normalized spacial score (nSPS) is 14.3. The minimum absolute atomic E-state index is 0.127. The fourth-order valence-corrected chi connectivity index (χ4v) is 4.30. The van der Waals surface area contributed by atoms with Crippen molar-refractivity contribution < 1.29 is 28.3 Å². The minimum atomic E-state index is -3.68. The Hall–Kier alpha value is -1.20. The molecule has 0 saturated carbocycles. The van der Waals surface area contributed by atoms with Crippen molar-refractivity contribution in [2.45, 2.75) is 39.0 Å². The molecule has 2 atom stereocenters. The van der Waals surface area contributed by atoms with E-state index >= 15 is 0 Å². The van der Waals surface area contributed by atoms with Crippen molar-refractivity contribution in [1.82, 2.24) is 0 Å². The third-order valence-corrected chi connectivity index (χ3v) is 5.72. The van der Waals surface area contributed by atoms with Crippen LogP contribution in [0.3, 0.4) is 0 Å². The second-order valence-corrected chi connectivity index (χ2v) is 7.09. The van der Waals surface area contributed by atoms with Gasteiger partial charge in [-0.15, -0.1) is 0 Å². The summed E-state index contributed by atoms with van der Waals surface area (Å²) in [6.07, 6.45) is -1.41. The van der Waals surface area contributed by atoms with Crippen LogP contribution in [0.1, 0.15) is 26.3 Å². The molecular formula is C16H25O6P. The molecule has 0 aliphatic rings. The molecule has 0 aliphatic heterocycles. The Labute approximate surface area is 137 Å². The van der Waals surface area contributed by atoms with Gasteiger partial charge in [0.25, 0.3) is 0 Å². The zero-order valence-electron chi connectivity index (χ0n) is 13.8. The zero-order chi connectivity index (χ0) is 17.3. The first-order chi connectivity index (χ1) is 11.0. The quantitative estimate of drug-likeness (QED) is 0.519. The Morgan fingerprint density at radius 3 is 2.13 bits per heavy atom.